The van der Waals surface area contributed by atoms with Gasteiger partial charge in [0.05, 0.1) is 71.2 Å². The zero-order valence-corrected chi connectivity index (χ0v) is 71.1. The van der Waals surface area contributed by atoms with Crippen LogP contribution in [0.2, 0.25) is 0 Å². The summed E-state index contributed by atoms with van der Waals surface area (Å²) in [5.74, 6) is -3.97. The number of rotatable bonds is 32. The summed E-state index contributed by atoms with van der Waals surface area (Å²) in [5.41, 5.74) is 0. The minimum atomic E-state index is -2.65. The van der Waals surface area contributed by atoms with Crippen LogP contribution in [0.5, 0.6) is 0 Å². The number of carbonyl (C=O) groups excluding carboxylic acids is 4. The topological polar surface area (TPSA) is 877 Å². The summed E-state index contributed by atoms with van der Waals surface area (Å²) in [6.45, 7) is -1.65. The third kappa shape index (κ3) is 23.7. The molecule has 57 heteroatoms. The molecule has 0 saturated carbocycles. The van der Waals surface area contributed by atoms with Gasteiger partial charge in [-0.2, -0.15) is 0 Å². The van der Waals surface area contributed by atoms with Crippen LogP contribution in [0.15, 0.2) is 0 Å². The Morgan fingerprint density at radius 1 is 0.214 bits per heavy atom. The van der Waals surface area contributed by atoms with Crippen molar-refractivity contribution < 1.29 is 262 Å². The van der Waals surface area contributed by atoms with E-state index in [1.165, 1.54) is 20.8 Å². The summed E-state index contributed by atoms with van der Waals surface area (Å²) in [7, 11) is 0. The number of nitrogens with one attached hydrogen (secondary N) is 4. The van der Waals surface area contributed by atoms with Gasteiger partial charge in [0, 0.05) is 27.7 Å². The van der Waals surface area contributed by atoms with Gasteiger partial charge in [-0.3, -0.25) is 19.2 Å². The van der Waals surface area contributed by atoms with Crippen molar-refractivity contribution in [3.05, 3.63) is 0 Å². The van der Waals surface area contributed by atoms with Gasteiger partial charge in [0.15, 0.2) is 69.2 Å². The first-order valence-electron chi connectivity index (χ1n) is 42.2. The quantitative estimate of drug-likeness (QED) is 0.0297. The molecule has 11 rings (SSSR count). The van der Waals surface area contributed by atoms with Crippen LogP contribution in [0.3, 0.4) is 0 Å². The summed E-state index contributed by atoms with van der Waals surface area (Å²) in [6.07, 6.45) is -106. The molecule has 0 aromatic rings. The van der Waals surface area contributed by atoms with Crippen LogP contribution in [0.25, 0.3) is 0 Å². The minimum Gasteiger partial charge on any atom is -0.394 e. The zero-order valence-electron chi connectivity index (χ0n) is 71.1. The van der Waals surface area contributed by atoms with Crippen molar-refractivity contribution in [3.63, 3.8) is 0 Å². The van der Waals surface area contributed by atoms with Gasteiger partial charge in [0.25, 0.3) is 0 Å². The number of carbonyl (C=O) groups is 4. The molecular formula is C74H124N4O53. The SMILES string of the molecule is CC(=O)N[C@@H]1[C@@H](O[C@@H]2O[C@@H](C)[C@@H](O)[C@@H](O)[C@@H]2O)[C@H](O[C@@H]2O[C@H](CO)[C@@H](O[C@@H]3O[C@H](CO[C@H]4O[C@H](CO)[C@@H](O)[C@H](O)[C@@H]4O)[C@@H](O)[C@H](O[C@H]4O[C@H](CO)[C@@H](O)[C@H](O)[C@@H]4O[C@@H]4O[C@H](CO)[C@@H](O[C@@H]5O[C@H](CO)[C@H](O)[C@H](O[C@@H]6O[C@H](CO)[C@H](O)[C@H](O)[C@H]6O)[C@H]5NC(C)=O)[C@H](O[C@@H]5O[C@@H](C)[C@@H](O)[C@@H](O)[C@@H]5O)[C@H]4NC(C)=O)[C@@H]3O)[C@H](O)[C@H]2NC(C)=O)[C@@H](CO[C@@H]2O[C@@H](C)[C@@H](O)[C@@H](O)[C@@H]2O)O[C@H]1O. The highest BCUT2D eigenvalue weighted by molar-refractivity contribution is 5.74. The summed E-state index contributed by atoms with van der Waals surface area (Å²) in [6, 6.07) is -8.06. The van der Waals surface area contributed by atoms with Crippen LogP contribution in [-0.4, -0.2) is 557 Å². The Balaban J connectivity index is 0.945. The fourth-order valence-corrected chi connectivity index (χ4v) is 17.2. The molecule has 0 aliphatic carbocycles. The summed E-state index contributed by atoms with van der Waals surface area (Å²) < 4.78 is 128. The second kappa shape index (κ2) is 46.3. The van der Waals surface area contributed by atoms with E-state index in [2.05, 4.69) is 21.3 Å². The second-order valence-corrected chi connectivity index (χ2v) is 33.8. The first-order valence-corrected chi connectivity index (χ1v) is 42.2. The van der Waals surface area contributed by atoms with Crippen LogP contribution in [0.1, 0.15) is 48.5 Å². The number of aliphatic hydroxyl groups excluding tert-OH is 28. The Kier molecular flexibility index (Phi) is 38.0. The summed E-state index contributed by atoms with van der Waals surface area (Å²) in [4.78, 5) is 53.6. The average molecular weight is 1920 g/mol. The summed E-state index contributed by atoms with van der Waals surface area (Å²) >= 11 is 0. The van der Waals surface area contributed by atoms with Gasteiger partial charge in [-0.15, -0.1) is 0 Å². The van der Waals surface area contributed by atoms with Gasteiger partial charge < -0.3 is 264 Å². The molecule has 0 bridgehead atoms. The fraction of sp³-hybridized carbons (Fsp3) is 0.946. The minimum absolute atomic E-state index is 0.885. The molecule has 0 aromatic heterocycles. The monoisotopic (exact) mass is 1920 g/mol. The first-order chi connectivity index (χ1) is 61.8. The molecule has 131 heavy (non-hydrogen) atoms. The predicted molar refractivity (Wildman–Crippen MR) is 404 cm³/mol. The molecule has 11 aliphatic rings. The van der Waals surface area contributed by atoms with Crippen molar-refractivity contribution in [3.8, 4) is 0 Å². The molecule has 0 spiro atoms. The third-order valence-corrected chi connectivity index (χ3v) is 24.4. The average Bonchev–Trinajstić information content (AvgIpc) is 0.759. The van der Waals surface area contributed by atoms with Gasteiger partial charge in [0.1, 0.15) is 250 Å². The number of ether oxygens (including phenoxy) is 21. The molecule has 11 saturated heterocycles. The van der Waals surface area contributed by atoms with E-state index in [1.807, 2.05) is 0 Å². The van der Waals surface area contributed by atoms with E-state index in [0.29, 0.717) is 0 Å². The van der Waals surface area contributed by atoms with E-state index >= 15 is 0 Å². The van der Waals surface area contributed by atoms with Crippen molar-refractivity contribution in [2.75, 3.05) is 52.9 Å². The zero-order chi connectivity index (χ0) is 96.4. The largest absolute Gasteiger partial charge is 0.394 e. The number of aliphatic hydroxyl groups is 28. The molecule has 4 amide bonds. The predicted octanol–water partition coefficient (Wildman–Crippen LogP) is -21.3. The maximum Gasteiger partial charge on any atom is 0.217 e. The first kappa shape index (κ1) is 107. The molecule has 0 radical (unpaired) electrons. The Morgan fingerprint density at radius 3 is 0.954 bits per heavy atom. The van der Waals surface area contributed by atoms with E-state index in [1.54, 1.807) is 0 Å². The van der Waals surface area contributed by atoms with Crippen LogP contribution in [-0.2, 0) is 119 Å². The van der Waals surface area contributed by atoms with Gasteiger partial charge in [-0.05, 0) is 20.8 Å². The van der Waals surface area contributed by atoms with Crippen molar-refractivity contribution in [1.82, 2.24) is 21.3 Å². The smallest absolute Gasteiger partial charge is 0.217 e. The lowest BCUT2D eigenvalue weighted by atomic mass is 9.93. The molecule has 0 unspecified atom stereocenters. The lowest BCUT2D eigenvalue weighted by molar-refractivity contribution is -0.403. The Hall–Kier alpha value is -4.08. The molecule has 0 aromatic carbocycles. The lowest BCUT2D eigenvalue weighted by Crippen LogP contribution is -2.72. The van der Waals surface area contributed by atoms with Gasteiger partial charge >= 0.3 is 0 Å². The van der Waals surface area contributed by atoms with E-state index in [0.717, 1.165) is 27.7 Å². The van der Waals surface area contributed by atoms with Crippen molar-refractivity contribution in [1.29, 1.82) is 0 Å². The molecule has 32 N–H and O–H groups in total. The van der Waals surface area contributed by atoms with Crippen molar-refractivity contribution in [2.45, 2.75) is 386 Å². The van der Waals surface area contributed by atoms with Crippen LogP contribution in [0, 0.1) is 0 Å². The van der Waals surface area contributed by atoms with E-state index in [9.17, 15) is 162 Å². The third-order valence-electron chi connectivity index (χ3n) is 24.4. The second-order valence-electron chi connectivity index (χ2n) is 33.8. The van der Waals surface area contributed by atoms with E-state index in [4.69, 9.17) is 99.5 Å². The Bertz CT molecular complexity index is 3590. The lowest BCUT2D eigenvalue weighted by Gasteiger charge is -2.53. The van der Waals surface area contributed by atoms with Crippen molar-refractivity contribution >= 4 is 23.6 Å². The summed E-state index contributed by atoms with van der Waals surface area (Å²) in [5, 5.41) is 324. The maximum atomic E-state index is 13.8. The molecular weight excluding hydrogens is 1790 g/mol. The Morgan fingerprint density at radius 2 is 0.489 bits per heavy atom. The Labute approximate surface area is 743 Å². The standard InChI is InChI=1S/C74H124N4O53/c1-16-35(89)44(98)50(104)68(113-16)112-15-30-58(60(32(64(110)116-30)76-20(5)86)128-70-52(106)45(99)36(90)17(2)114-70)126-65-31(75-19(4)85)43(97)56(27(12-83)121-65)124-73-55(109)62(42(96)29(123-73)14-111-69-51(105)47(101)38(92)23(8-79)118-69)130-74-63(49(103)40(94)25(10-81)120-74)131-67-34(78-22(7)88)61(129-71-53(107)46(100)37(91)18(3)115-71)57(28(13-84)122-67)125-66-33(77-21(6)87)59(41(95)26(11-82)117-66)127-72-54(108)48(102)39(93)24(9-80)119-72/h16-18,23-74,79-84,89-110H,8-15H2,1-7H3,(H,75,85)(H,76,86)(H,77,87)(H,78,88)/t16-,17-,18-,23+,24+,25+,26+,27+,28+,29+,30+,31+,32+,33+,34+,35+,36+,37+,38+,39-,40+,41-,42+,43+,44+,45+,46+,47-,48-,49-,50-,51-,52-,53-,54+,55-,56+,57+,58+,59+,60+,61+,62-,63-,64+,65-,66-,67-,68+,69-,70-,71-,72-,73-,74+/m0/s1. The van der Waals surface area contributed by atoms with Crippen LogP contribution >= 0.6 is 0 Å². The normalized spacial score (nSPS) is 50.7. The highest BCUT2D eigenvalue weighted by Crippen LogP contribution is 2.42. The van der Waals surface area contributed by atoms with Gasteiger partial charge in [-0.1, -0.05) is 0 Å². The highest BCUT2D eigenvalue weighted by Gasteiger charge is 2.63. The molecule has 57 nitrogen and oxygen atoms in total. The maximum absolute atomic E-state index is 13.8. The number of hydrogen-bond donors (Lipinski definition) is 32. The van der Waals surface area contributed by atoms with E-state index < -0.39 is 414 Å². The molecule has 11 aliphatic heterocycles. The number of amides is 4. The van der Waals surface area contributed by atoms with Gasteiger partial charge in [-0.25, -0.2) is 0 Å². The van der Waals surface area contributed by atoms with Gasteiger partial charge in [0.2, 0.25) is 23.6 Å². The highest BCUT2D eigenvalue weighted by atomic mass is 16.8. The molecule has 11 heterocycles. The number of hydrogen-bond acceptors (Lipinski definition) is 53. The molecule has 758 valence electrons. The van der Waals surface area contributed by atoms with Crippen LogP contribution < -0.4 is 21.3 Å². The molecule has 55 atom stereocenters. The van der Waals surface area contributed by atoms with Crippen LogP contribution in [0.4, 0.5) is 0 Å². The van der Waals surface area contributed by atoms with E-state index in [-0.39, 0.29) is 0 Å². The molecule has 11 fully saturated rings. The van der Waals surface area contributed by atoms with Crippen molar-refractivity contribution in [2.24, 2.45) is 0 Å². The fourth-order valence-electron chi connectivity index (χ4n) is 17.2.